The minimum Gasteiger partial charge on any atom is -0.382 e. The van der Waals surface area contributed by atoms with Crippen molar-refractivity contribution in [3.63, 3.8) is 0 Å². The van der Waals surface area contributed by atoms with Crippen LogP contribution in [0.4, 0.5) is 0 Å². The zero-order valence-corrected chi connectivity index (χ0v) is 16.8. The van der Waals surface area contributed by atoms with Crippen LogP contribution >= 0.6 is 24.0 Å². The van der Waals surface area contributed by atoms with Crippen LogP contribution in [0.25, 0.3) is 0 Å². The van der Waals surface area contributed by atoms with E-state index >= 15 is 0 Å². The van der Waals surface area contributed by atoms with Crippen molar-refractivity contribution in [3.05, 3.63) is 0 Å². The molecule has 1 heterocycles. The summed E-state index contributed by atoms with van der Waals surface area (Å²) < 4.78 is 11.3. The van der Waals surface area contributed by atoms with Crippen LogP contribution in [0.1, 0.15) is 45.4 Å². The number of nitrogens with one attached hydrogen (secondary N) is 2. The van der Waals surface area contributed by atoms with Crippen molar-refractivity contribution in [2.45, 2.75) is 57.6 Å². The second-order valence-electron chi connectivity index (χ2n) is 6.86. The average molecular weight is 437 g/mol. The number of aliphatic imine (C=N–C) groups is 1. The number of fused-ring (bicyclic) bond motifs is 2. The van der Waals surface area contributed by atoms with Gasteiger partial charge in [-0.05, 0) is 39.0 Å². The first-order valence-corrected chi connectivity index (χ1v) is 8.98. The van der Waals surface area contributed by atoms with Crippen LogP contribution in [-0.4, -0.2) is 51.5 Å². The Hall–Kier alpha value is -0.0800. The van der Waals surface area contributed by atoms with Crippen LogP contribution in [0.5, 0.6) is 0 Å². The summed E-state index contributed by atoms with van der Waals surface area (Å²) in [6.07, 6.45) is 7.93. The SMILES string of the molecule is CCOCCCCNC(=NC)NC1C2CCOC2C12CCC2.I. The van der Waals surface area contributed by atoms with Crippen molar-refractivity contribution < 1.29 is 9.47 Å². The lowest BCUT2D eigenvalue weighted by molar-refractivity contribution is -0.171. The van der Waals surface area contributed by atoms with Crippen LogP contribution in [0.2, 0.25) is 0 Å². The molecule has 0 aromatic rings. The Balaban J connectivity index is 0.00000192. The van der Waals surface area contributed by atoms with Gasteiger partial charge in [-0.2, -0.15) is 0 Å². The van der Waals surface area contributed by atoms with E-state index in [9.17, 15) is 0 Å². The lowest BCUT2D eigenvalue weighted by Crippen LogP contribution is -2.72. The van der Waals surface area contributed by atoms with E-state index < -0.39 is 0 Å². The molecule has 2 aliphatic carbocycles. The zero-order valence-electron chi connectivity index (χ0n) is 14.5. The fourth-order valence-electron chi connectivity index (χ4n) is 4.48. The van der Waals surface area contributed by atoms with E-state index in [4.69, 9.17) is 9.47 Å². The summed E-state index contributed by atoms with van der Waals surface area (Å²) in [6, 6.07) is 0.559. The van der Waals surface area contributed by atoms with Gasteiger partial charge in [-0.3, -0.25) is 4.99 Å². The normalized spacial score (nSPS) is 30.9. The molecule has 23 heavy (non-hydrogen) atoms. The van der Waals surface area contributed by atoms with Gasteiger partial charge < -0.3 is 20.1 Å². The quantitative estimate of drug-likeness (QED) is 0.278. The highest BCUT2D eigenvalue weighted by Gasteiger charge is 2.66. The lowest BCUT2D eigenvalue weighted by Gasteiger charge is -2.63. The topological polar surface area (TPSA) is 54.9 Å². The summed E-state index contributed by atoms with van der Waals surface area (Å²) in [5.41, 5.74) is 0.410. The van der Waals surface area contributed by atoms with Gasteiger partial charge in [-0.1, -0.05) is 6.42 Å². The van der Waals surface area contributed by atoms with E-state index in [1.165, 1.54) is 25.7 Å². The number of unbranched alkanes of at least 4 members (excludes halogenated alkanes) is 1. The highest BCUT2D eigenvalue weighted by molar-refractivity contribution is 14.0. The number of hydrogen-bond acceptors (Lipinski definition) is 3. The summed E-state index contributed by atoms with van der Waals surface area (Å²) in [5.74, 6) is 1.65. The standard InChI is InChI=1S/C17H31N3O2.HI/c1-3-21-11-5-4-10-19-16(18-2)20-14-13-7-12-22-15(13)17(14)8-6-9-17;/h13-15H,3-12H2,1-2H3,(H2,18,19,20);1H. The molecule has 2 N–H and O–H groups in total. The molecule has 3 rings (SSSR count). The molecule has 0 aromatic carbocycles. The molecular formula is C17H32IN3O2. The highest BCUT2D eigenvalue weighted by Crippen LogP contribution is 2.62. The Morgan fingerprint density at radius 3 is 2.83 bits per heavy atom. The first-order valence-electron chi connectivity index (χ1n) is 8.98. The molecule has 1 spiro atoms. The fourth-order valence-corrected chi connectivity index (χ4v) is 4.48. The Morgan fingerprint density at radius 1 is 1.35 bits per heavy atom. The Labute approximate surface area is 157 Å². The van der Waals surface area contributed by atoms with Crippen molar-refractivity contribution in [1.29, 1.82) is 0 Å². The second kappa shape index (κ2) is 8.85. The van der Waals surface area contributed by atoms with Crippen LogP contribution < -0.4 is 10.6 Å². The smallest absolute Gasteiger partial charge is 0.191 e. The zero-order chi connectivity index (χ0) is 15.4. The number of halogens is 1. The number of rotatable bonds is 7. The van der Waals surface area contributed by atoms with E-state index in [1.807, 2.05) is 14.0 Å². The highest BCUT2D eigenvalue weighted by atomic mass is 127. The summed E-state index contributed by atoms with van der Waals surface area (Å²) in [4.78, 5) is 4.40. The van der Waals surface area contributed by atoms with Crippen LogP contribution in [0.3, 0.4) is 0 Å². The van der Waals surface area contributed by atoms with Gasteiger partial charge >= 0.3 is 0 Å². The van der Waals surface area contributed by atoms with E-state index in [-0.39, 0.29) is 24.0 Å². The van der Waals surface area contributed by atoms with Gasteiger partial charge in [-0.25, -0.2) is 0 Å². The molecule has 3 atom stereocenters. The third kappa shape index (κ3) is 3.79. The minimum absolute atomic E-state index is 0. The molecule has 2 saturated carbocycles. The summed E-state index contributed by atoms with van der Waals surface area (Å²) >= 11 is 0. The first kappa shape index (κ1) is 19.2. The maximum absolute atomic E-state index is 5.98. The van der Waals surface area contributed by atoms with Crippen molar-refractivity contribution >= 4 is 29.9 Å². The molecule has 3 unspecified atom stereocenters. The predicted octanol–water partition coefficient (Wildman–Crippen LogP) is 2.54. The van der Waals surface area contributed by atoms with Crippen molar-refractivity contribution in [1.82, 2.24) is 10.6 Å². The minimum atomic E-state index is 0. The molecular weight excluding hydrogens is 405 g/mol. The Morgan fingerprint density at radius 2 is 2.17 bits per heavy atom. The van der Waals surface area contributed by atoms with Gasteiger partial charge in [0, 0.05) is 50.8 Å². The van der Waals surface area contributed by atoms with Gasteiger partial charge in [0.25, 0.3) is 0 Å². The number of guanidine groups is 1. The summed E-state index contributed by atoms with van der Waals surface area (Å²) in [6.45, 7) is 5.61. The van der Waals surface area contributed by atoms with Crippen LogP contribution in [0.15, 0.2) is 4.99 Å². The van der Waals surface area contributed by atoms with E-state index in [0.29, 0.717) is 23.5 Å². The van der Waals surface area contributed by atoms with Crippen molar-refractivity contribution in [2.75, 3.05) is 33.4 Å². The maximum atomic E-state index is 5.98. The molecule has 1 aliphatic heterocycles. The molecule has 0 amide bonds. The Kier molecular flexibility index (Phi) is 7.41. The van der Waals surface area contributed by atoms with Gasteiger partial charge in [0.1, 0.15) is 0 Å². The molecule has 0 bridgehead atoms. The average Bonchev–Trinajstić information content (AvgIpc) is 2.89. The molecule has 0 radical (unpaired) electrons. The molecule has 5 nitrogen and oxygen atoms in total. The van der Waals surface area contributed by atoms with Crippen molar-refractivity contribution in [2.24, 2.45) is 16.3 Å². The molecule has 6 heteroatoms. The van der Waals surface area contributed by atoms with E-state index in [0.717, 1.165) is 45.2 Å². The largest absolute Gasteiger partial charge is 0.382 e. The summed E-state index contributed by atoms with van der Waals surface area (Å²) in [5, 5.41) is 7.15. The van der Waals surface area contributed by atoms with Gasteiger partial charge in [0.2, 0.25) is 0 Å². The third-order valence-corrected chi connectivity index (χ3v) is 5.76. The van der Waals surface area contributed by atoms with Gasteiger partial charge in [0.15, 0.2) is 5.96 Å². The van der Waals surface area contributed by atoms with Gasteiger partial charge in [0.05, 0.1) is 6.10 Å². The molecule has 0 aromatic heterocycles. The van der Waals surface area contributed by atoms with Crippen LogP contribution in [-0.2, 0) is 9.47 Å². The first-order chi connectivity index (χ1) is 10.8. The van der Waals surface area contributed by atoms with E-state index in [2.05, 4.69) is 15.6 Å². The van der Waals surface area contributed by atoms with E-state index in [1.54, 1.807) is 0 Å². The molecule has 3 aliphatic rings. The summed E-state index contributed by atoms with van der Waals surface area (Å²) in [7, 11) is 1.87. The monoisotopic (exact) mass is 437 g/mol. The molecule has 3 fully saturated rings. The fraction of sp³-hybridized carbons (Fsp3) is 0.941. The van der Waals surface area contributed by atoms with Crippen LogP contribution in [0, 0.1) is 11.3 Å². The molecule has 134 valence electrons. The third-order valence-electron chi connectivity index (χ3n) is 5.76. The van der Waals surface area contributed by atoms with Crippen molar-refractivity contribution in [3.8, 4) is 0 Å². The number of ether oxygens (including phenoxy) is 2. The number of nitrogens with zero attached hydrogens (tertiary/aromatic N) is 1. The predicted molar refractivity (Wildman–Crippen MR) is 104 cm³/mol. The molecule has 1 saturated heterocycles. The van der Waals surface area contributed by atoms with Gasteiger partial charge in [-0.15, -0.1) is 24.0 Å². The lowest BCUT2D eigenvalue weighted by atomic mass is 9.46. The maximum Gasteiger partial charge on any atom is 0.191 e. The second-order valence-corrected chi connectivity index (χ2v) is 6.86. The Bertz CT molecular complexity index is 401. The number of hydrogen-bond donors (Lipinski definition) is 2.